The molecule has 0 aliphatic carbocycles. The molecule has 0 spiro atoms. The molecular weight excluding hydrogens is 255 g/mol. The Balaban J connectivity index is 4.58. The highest BCUT2D eigenvalue weighted by Crippen LogP contribution is 2.20. The van der Waals surface area contributed by atoms with Gasteiger partial charge in [0.2, 0.25) is 0 Å². The Morgan fingerprint density at radius 2 is 1.74 bits per heavy atom. The summed E-state index contributed by atoms with van der Waals surface area (Å²) >= 11 is 0. The Kier molecular flexibility index (Phi) is 6.81. The third kappa shape index (κ3) is 8.06. The summed E-state index contributed by atoms with van der Waals surface area (Å²) in [5, 5.41) is 12.3. The lowest BCUT2D eigenvalue weighted by Crippen LogP contribution is -2.49. The molecule has 0 rings (SSSR count). The summed E-state index contributed by atoms with van der Waals surface area (Å²) in [7, 11) is 0. The van der Waals surface area contributed by atoms with Crippen molar-refractivity contribution in [2.45, 2.75) is 64.8 Å². The minimum atomic E-state index is -4.21. The van der Waals surface area contributed by atoms with E-state index in [0.717, 1.165) is 0 Å². The average Bonchev–Trinajstić information content (AvgIpc) is 2.21. The van der Waals surface area contributed by atoms with Gasteiger partial charge in [0.05, 0.1) is 12.6 Å². The quantitative estimate of drug-likeness (QED) is 0.779. The van der Waals surface area contributed by atoms with Crippen molar-refractivity contribution in [3.8, 4) is 6.07 Å². The van der Waals surface area contributed by atoms with Crippen LogP contribution in [0.15, 0.2) is 0 Å². The first-order valence-corrected chi connectivity index (χ1v) is 6.49. The van der Waals surface area contributed by atoms with Crippen molar-refractivity contribution in [2.75, 3.05) is 13.1 Å². The molecule has 0 bridgehead atoms. The Labute approximate surface area is 113 Å². The molecule has 0 saturated carbocycles. The lowest BCUT2D eigenvalue weighted by atomic mass is 9.98. The van der Waals surface area contributed by atoms with Gasteiger partial charge in [-0.1, -0.05) is 0 Å². The summed E-state index contributed by atoms with van der Waals surface area (Å²) in [5.74, 6) is 0. The van der Waals surface area contributed by atoms with E-state index in [-0.39, 0.29) is 18.6 Å². The van der Waals surface area contributed by atoms with Crippen LogP contribution in [0.4, 0.5) is 13.2 Å². The number of halogens is 3. The van der Waals surface area contributed by atoms with Crippen LogP contribution in [0.3, 0.4) is 0 Å². The maximum atomic E-state index is 12.5. The van der Waals surface area contributed by atoms with Gasteiger partial charge in [0.1, 0.15) is 5.54 Å². The van der Waals surface area contributed by atoms with Gasteiger partial charge in [-0.2, -0.15) is 18.4 Å². The molecule has 0 aromatic carbocycles. The first-order valence-electron chi connectivity index (χ1n) is 6.49. The van der Waals surface area contributed by atoms with Crippen LogP contribution in [0.5, 0.6) is 0 Å². The van der Waals surface area contributed by atoms with Gasteiger partial charge in [-0.15, -0.1) is 0 Å². The first kappa shape index (κ1) is 18.2. The number of alkyl halides is 3. The van der Waals surface area contributed by atoms with Crippen LogP contribution in [-0.4, -0.2) is 41.8 Å². The maximum Gasteiger partial charge on any atom is 0.401 e. The Morgan fingerprint density at radius 3 is 2.05 bits per heavy atom. The molecule has 0 aromatic heterocycles. The Bertz CT molecular complexity index is 307. The fourth-order valence-corrected chi connectivity index (χ4v) is 1.91. The first-order chi connectivity index (χ1) is 8.49. The smallest absolute Gasteiger partial charge is 0.297 e. The van der Waals surface area contributed by atoms with Crippen LogP contribution in [-0.2, 0) is 0 Å². The minimum absolute atomic E-state index is 0.111. The molecule has 3 nitrogen and oxygen atoms in total. The zero-order valence-corrected chi connectivity index (χ0v) is 12.3. The molecule has 0 aliphatic rings. The number of hydrogen-bond donors (Lipinski definition) is 1. The lowest BCUT2D eigenvalue weighted by Gasteiger charge is -2.32. The monoisotopic (exact) mass is 279 g/mol. The number of nitrogens with one attached hydrogen (secondary N) is 1. The highest BCUT2D eigenvalue weighted by Gasteiger charge is 2.33. The fourth-order valence-electron chi connectivity index (χ4n) is 1.91. The van der Waals surface area contributed by atoms with E-state index >= 15 is 0 Å². The number of nitriles is 1. The topological polar surface area (TPSA) is 39.1 Å². The molecule has 0 heterocycles. The van der Waals surface area contributed by atoms with Crippen molar-refractivity contribution >= 4 is 0 Å². The third-order valence-electron chi connectivity index (χ3n) is 2.87. The summed E-state index contributed by atoms with van der Waals surface area (Å²) < 4.78 is 37.4. The fraction of sp³-hybridized carbons (Fsp3) is 0.923. The number of hydrogen-bond acceptors (Lipinski definition) is 3. The summed E-state index contributed by atoms with van der Waals surface area (Å²) in [6, 6.07) is 2.05. The molecule has 112 valence electrons. The molecule has 1 unspecified atom stereocenters. The molecule has 0 radical (unpaired) electrons. The van der Waals surface area contributed by atoms with Crippen LogP contribution in [0.25, 0.3) is 0 Å². The second-order valence-electron chi connectivity index (χ2n) is 5.67. The summed E-state index contributed by atoms with van der Waals surface area (Å²) in [6.07, 6.45) is -3.85. The van der Waals surface area contributed by atoms with Gasteiger partial charge in [-0.3, -0.25) is 10.2 Å². The molecule has 19 heavy (non-hydrogen) atoms. The van der Waals surface area contributed by atoms with E-state index < -0.39 is 18.3 Å². The van der Waals surface area contributed by atoms with Crippen LogP contribution in [0.2, 0.25) is 0 Å². The van der Waals surface area contributed by atoms with E-state index in [1.807, 2.05) is 13.8 Å². The second-order valence-corrected chi connectivity index (χ2v) is 5.67. The van der Waals surface area contributed by atoms with Crippen LogP contribution in [0.1, 0.15) is 41.0 Å². The molecule has 0 saturated heterocycles. The molecular formula is C13H24F3N3. The highest BCUT2D eigenvalue weighted by atomic mass is 19.4. The molecule has 1 atom stereocenters. The van der Waals surface area contributed by atoms with Crippen LogP contribution >= 0.6 is 0 Å². The summed E-state index contributed by atoms with van der Waals surface area (Å²) in [5.41, 5.74) is -0.799. The summed E-state index contributed by atoms with van der Waals surface area (Å²) in [4.78, 5) is 1.34. The predicted molar refractivity (Wildman–Crippen MR) is 69.7 cm³/mol. The van der Waals surface area contributed by atoms with Crippen LogP contribution < -0.4 is 5.32 Å². The van der Waals surface area contributed by atoms with Gasteiger partial charge in [0.25, 0.3) is 0 Å². The largest absolute Gasteiger partial charge is 0.401 e. The number of rotatable bonds is 7. The second kappa shape index (κ2) is 7.11. The van der Waals surface area contributed by atoms with Crippen molar-refractivity contribution in [3.05, 3.63) is 0 Å². The molecule has 1 N–H and O–H groups in total. The van der Waals surface area contributed by atoms with Gasteiger partial charge in [0.15, 0.2) is 0 Å². The van der Waals surface area contributed by atoms with Crippen molar-refractivity contribution in [3.63, 3.8) is 0 Å². The molecule has 0 fully saturated rings. The predicted octanol–water partition coefficient (Wildman–Crippen LogP) is 2.93. The van der Waals surface area contributed by atoms with E-state index in [4.69, 9.17) is 5.26 Å². The molecule has 0 aromatic rings. The van der Waals surface area contributed by atoms with E-state index in [9.17, 15) is 13.2 Å². The summed E-state index contributed by atoms with van der Waals surface area (Å²) in [6.45, 7) is 8.29. The van der Waals surface area contributed by atoms with Gasteiger partial charge < -0.3 is 0 Å². The van der Waals surface area contributed by atoms with Crippen molar-refractivity contribution in [1.29, 1.82) is 5.26 Å². The maximum absolute atomic E-state index is 12.5. The average molecular weight is 279 g/mol. The van der Waals surface area contributed by atoms with Gasteiger partial charge >= 0.3 is 6.18 Å². The Hall–Kier alpha value is -0.800. The molecule has 0 amide bonds. The van der Waals surface area contributed by atoms with E-state index in [1.54, 1.807) is 20.8 Å². The van der Waals surface area contributed by atoms with Crippen LogP contribution in [0, 0.1) is 11.3 Å². The van der Waals surface area contributed by atoms with E-state index in [1.165, 1.54) is 4.90 Å². The number of nitrogens with zero attached hydrogens (tertiary/aromatic N) is 2. The van der Waals surface area contributed by atoms with Crippen molar-refractivity contribution in [2.24, 2.45) is 0 Å². The van der Waals surface area contributed by atoms with Gasteiger partial charge in [-0.25, -0.2) is 0 Å². The zero-order valence-electron chi connectivity index (χ0n) is 12.3. The SMILES string of the molecule is CC(C)NC(C)(C#N)CCN(CC(F)(F)F)C(C)C. The third-order valence-corrected chi connectivity index (χ3v) is 2.87. The van der Waals surface area contributed by atoms with E-state index in [2.05, 4.69) is 11.4 Å². The van der Waals surface area contributed by atoms with Crippen molar-refractivity contribution < 1.29 is 13.2 Å². The lowest BCUT2D eigenvalue weighted by molar-refractivity contribution is -0.150. The Morgan fingerprint density at radius 1 is 1.21 bits per heavy atom. The zero-order chi connectivity index (χ0) is 15.3. The van der Waals surface area contributed by atoms with Crippen molar-refractivity contribution in [1.82, 2.24) is 10.2 Å². The van der Waals surface area contributed by atoms with Gasteiger partial charge in [-0.05, 0) is 41.0 Å². The minimum Gasteiger partial charge on any atom is -0.297 e. The van der Waals surface area contributed by atoms with Gasteiger partial charge in [0, 0.05) is 18.6 Å². The highest BCUT2D eigenvalue weighted by molar-refractivity contribution is 5.04. The normalized spacial score (nSPS) is 15.9. The van der Waals surface area contributed by atoms with E-state index in [0.29, 0.717) is 6.42 Å². The standard InChI is InChI=1S/C13H24F3N3/c1-10(2)18-12(5,8-17)6-7-19(11(3)4)9-13(14,15)16/h10-11,18H,6-7,9H2,1-5H3. The molecule has 6 heteroatoms. The molecule has 0 aliphatic heterocycles.